The zero-order valence-corrected chi connectivity index (χ0v) is 30.5. The van der Waals surface area contributed by atoms with Crippen LogP contribution in [0, 0.1) is 11.8 Å². The molecule has 2 unspecified atom stereocenters. The minimum Gasteiger partial charge on any atom is -0.371 e. The van der Waals surface area contributed by atoms with Gasteiger partial charge in [0.2, 0.25) is 6.08 Å². The van der Waals surface area contributed by atoms with E-state index in [0.29, 0.717) is 26.4 Å². The van der Waals surface area contributed by atoms with Crippen molar-refractivity contribution in [3.05, 3.63) is 144 Å². The summed E-state index contributed by atoms with van der Waals surface area (Å²) >= 11 is 0. The lowest BCUT2D eigenvalue weighted by Gasteiger charge is -2.43. The normalized spacial score (nSPS) is 28.6. The zero-order chi connectivity index (χ0) is 36.7. The molecule has 0 bridgehead atoms. The number of ether oxygens (including phenoxy) is 6. The van der Waals surface area contributed by atoms with Gasteiger partial charge in [0.25, 0.3) is 0 Å². The van der Waals surface area contributed by atoms with E-state index in [1.165, 1.54) is 0 Å². The molecular weight excluding hydrogens is 656 g/mol. The van der Waals surface area contributed by atoms with Crippen LogP contribution in [0.3, 0.4) is 0 Å². The molecule has 9 nitrogen and oxygen atoms in total. The fourth-order valence-corrected chi connectivity index (χ4v) is 6.38. The summed E-state index contributed by atoms with van der Waals surface area (Å²) < 4.78 is 36.2. The minimum atomic E-state index is -0.654. The Labute approximate surface area is 308 Å². The van der Waals surface area contributed by atoms with Gasteiger partial charge in [-0.05, 0) is 36.1 Å². The van der Waals surface area contributed by atoms with Crippen molar-refractivity contribution in [3.63, 3.8) is 0 Å². The van der Waals surface area contributed by atoms with Crippen LogP contribution in [0.1, 0.15) is 49.9 Å². The smallest absolute Gasteiger partial charge is 0.235 e. The van der Waals surface area contributed by atoms with Crippen molar-refractivity contribution in [2.75, 3.05) is 0 Å². The van der Waals surface area contributed by atoms with Crippen molar-refractivity contribution in [2.45, 2.75) is 103 Å². The molecule has 0 aliphatic carbocycles. The maximum atomic E-state index is 11.0. The summed E-state index contributed by atoms with van der Waals surface area (Å²) in [7, 11) is 0. The first-order chi connectivity index (χ1) is 25.3. The third-order valence-electron chi connectivity index (χ3n) is 9.81. The van der Waals surface area contributed by atoms with Gasteiger partial charge in [-0.15, -0.1) is 0 Å². The average Bonchev–Trinajstić information content (AvgIpc) is 3.18. The molecule has 2 saturated heterocycles. The first-order valence-electron chi connectivity index (χ1n) is 18.1. The number of nitrogens with two attached hydrogens (primary N) is 1. The molecule has 2 fully saturated rings. The highest BCUT2D eigenvalue weighted by Crippen LogP contribution is 2.32. The summed E-state index contributed by atoms with van der Waals surface area (Å²) in [4.78, 5) is 15.0. The Kier molecular flexibility index (Phi) is 15.3. The second-order valence-corrected chi connectivity index (χ2v) is 13.5. The summed E-state index contributed by atoms with van der Waals surface area (Å²) in [5, 5.41) is 0. The Morgan fingerprint density at radius 3 is 1.31 bits per heavy atom. The standard InChI is InChI=1S/C22H25NO4.C21H27NO3/c1-16-17(2)27-22(26-14-19-11-7-4-8-12-19)20(23-15-24)21(16)25-13-18-9-5-3-6-10-18;1-15-16(2)25-21(24-14-18-11-7-4-8-12-18)19(22)20(15)23-13-17-9-5-3-6-10-17/h3-12,16-17,20-22H,13-14H2,1-2H3;3-12,15-16,19-21H,13-14,22H2,1-2H3/t16-,17-,20-,21+,22?;15-,16-,19-,20+,21?/m11/s1. The molecule has 0 aromatic heterocycles. The number of hydrogen-bond donors (Lipinski definition) is 1. The number of benzene rings is 4. The van der Waals surface area contributed by atoms with Gasteiger partial charge >= 0.3 is 0 Å². The van der Waals surface area contributed by atoms with Crippen LogP contribution in [-0.2, 0) is 59.6 Å². The van der Waals surface area contributed by atoms with Crippen LogP contribution in [-0.4, -0.2) is 55.2 Å². The Morgan fingerprint density at radius 1 is 0.538 bits per heavy atom. The predicted molar refractivity (Wildman–Crippen MR) is 199 cm³/mol. The van der Waals surface area contributed by atoms with Gasteiger partial charge in [0.05, 0.1) is 56.9 Å². The van der Waals surface area contributed by atoms with Gasteiger partial charge in [-0.2, -0.15) is 4.99 Å². The highest BCUT2D eigenvalue weighted by molar-refractivity contribution is 5.34. The lowest BCUT2D eigenvalue weighted by molar-refractivity contribution is -0.252. The maximum Gasteiger partial charge on any atom is 0.235 e. The van der Waals surface area contributed by atoms with Gasteiger partial charge in [0, 0.05) is 11.8 Å². The van der Waals surface area contributed by atoms with Crippen molar-refractivity contribution >= 4 is 6.08 Å². The predicted octanol–water partition coefficient (Wildman–Crippen LogP) is 7.37. The third-order valence-corrected chi connectivity index (χ3v) is 9.81. The van der Waals surface area contributed by atoms with E-state index in [1.54, 1.807) is 6.08 Å². The van der Waals surface area contributed by atoms with Crippen LogP contribution in [0.2, 0.25) is 0 Å². The molecule has 52 heavy (non-hydrogen) atoms. The molecule has 2 aliphatic rings. The Morgan fingerprint density at radius 2 is 0.885 bits per heavy atom. The van der Waals surface area contributed by atoms with E-state index in [2.05, 4.69) is 24.0 Å². The molecule has 9 heteroatoms. The van der Waals surface area contributed by atoms with Crippen LogP contribution >= 0.6 is 0 Å². The quantitative estimate of drug-likeness (QED) is 0.113. The third kappa shape index (κ3) is 11.2. The second-order valence-electron chi connectivity index (χ2n) is 13.5. The molecule has 10 atom stereocenters. The largest absolute Gasteiger partial charge is 0.371 e. The molecule has 4 aromatic rings. The molecule has 0 spiro atoms. The molecule has 276 valence electrons. The molecule has 0 radical (unpaired) electrons. The van der Waals surface area contributed by atoms with E-state index < -0.39 is 18.6 Å². The highest BCUT2D eigenvalue weighted by Gasteiger charge is 2.44. The maximum absolute atomic E-state index is 11.0. The van der Waals surface area contributed by atoms with E-state index in [4.69, 9.17) is 34.2 Å². The van der Waals surface area contributed by atoms with Crippen LogP contribution in [0.4, 0.5) is 0 Å². The minimum absolute atomic E-state index is 0.0290. The lowest BCUT2D eigenvalue weighted by atomic mass is 9.90. The topological polar surface area (TPSA) is 111 Å². The molecule has 0 saturated carbocycles. The van der Waals surface area contributed by atoms with Gasteiger partial charge in [-0.3, -0.25) is 0 Å². The van der Waals surface area contributed by atoms with Gasteiger partial charge in [0.1, 0.15) is 6.04 Å². The number of aliphatic imine (C=N–C) groups is 1. The van der Waals surface area contributed by atoms with Gasteiger partial charge in [-0.1, -0.05) is 135 Å². The molecule has 2 aliphatic heterocycles. The summed E-state index contributed by atoms with van der Waals surface area (Å²) in [5.74, 6) is 0.266. The number of carbonyl (C=O) groups excluding carboxylic acids is 1. The molecule has 2 heterocycles. The lowest BCUT2D eigenvalue weighted by Crippen LogP contribution is -2.58. The zero-order valence-electron chi connectivity index (χ0n) is 30.5. The molecule has 0 amide bonds. The van der Waals surface area contributed by atoms with E-state index in [0.717, 1.165) is 22.3 Å². The SMILES string of the molecule is C[C@H]1[C@H](OCc2ccccc2)[C@@H](N)C(OCc2ccccc2)O[C@@H]1C.C[C@H]1[C@H](OCc2ccccc2)[C@@H](N=C=O)C(OCc2ccccc2)O[C@@H]1C. The molecule has 6 rings (SSSR count). The van der Waals surface area contributed by atoms with E-state index in [9.17, 15) is 4.79 Å². The Balaban J connectivity index is 0.000000202. The first-order valence-corrected chi connectivity index (χ1v) is 18.1. The van der Waals surface area contributed by atoms with Crippen LogP contribution < -0.4 is 5.73 Å². The van der Waals surface area contributed by atoms with Gasteiger partial charge < -0.3 is 34.2 Å². The van der Waals surface area contributed by atoms with Crippen molar-refractivity contribution in [3.8, 4) is 0 Å². The second kappa shape index (κ2) is 20.3. The van der Waals surface area contributed by atoms with Crippen molar-refractivity contribution in [2.24, 2.45) is 22.6 Å². The summed E-state index contributed by atoms with van der Waals surface area (Å²) in [6, 6.07) is 39.1. The fraction of sp³-hybridized carbons (Fsp3) is 0.419. The summed E-state index contributed by atoms with van der Waals surface area (Å²) in [6.45, 7) is 10.0. The van der Waals surface area contributed by atoms with Gasteiger partial charge in [-0.25, -0.2) is 4.79 Å². The monoisotopic (exact) mass is 708 g/mol. The fourth-order valence-electron chi connectivity index (χ4n) is 6.38. The molecule has 2 N–H and O–H groups in total. The van der Waals surface area contributed by atoms with Gasteiger partial charge in [0.15, 0.2) is 12.6 Å². The van der Waals surface area contributed by atoms with Crippen LogP contribution in [0.25, 0.3) is 0 Å². The van der Waals surface area contributed by atoms with E-state index >= 15 is 0 Å². The number of hydrogen-bond acceptors (Lipinski definition) is 9. The van der Waals surface area contributed by atoms with Crippen molar-refractivity contribution in [1.82, 2.24) is 0 Å². The molecule has 4 aromatic carbocycles. The summed E-state index contributed by atoms with van der Waals surface area (Å²) in [5.41, 5.74) is 10.8. The number of nitrogens with zero attached hydrogens (tertiary/aromatic N) is 1. The molecular formula is C43H52N2O7. The average molecular weight is 709 g/mol. The van der Waals surface area contributed by atoms with Crippen molar-refractivity contribution < 1.29 is 33.2 Å². The van der Waals surface area contributed by atoms with Crippen molar-refractivity contribution in [1.29, 1.82) is 0 Å². The van der Waals surface area contributed by atoms with E-state index in [-0.39, 0.29) is 42.3 Å². The number of isocyanates is 1. The number of rotatable bonds is 13. The summed E-state index contributed by atoms with van der Waals surface area (Å²) in [6.07, 6.45) is 0.0926. The van der Waals surface area contributed by atoms with E-state index in [1.807, 2.05) is 130 Å². The Hall–Kier alpha value is -4.02. The first kappa shape index (κ1) is 39.2. The van der Waals surface area contributed by atoms with Crippen LogP contribution in [0.5, 0.6) is 0 Å². The Bertz CT molecular complexity index is 1620. The highest BCUT2D eigenvalue weighted by atomic mass is 16.7. The van der Waals surface area contributed by atoms with Crippen LogP contribution in [0.15, 0.2) is 126 Å².